The predicted octanol–water partition coefficient (Wildman–Crippen LogP) is 3.41. The number of aryl methyl sites for hydroxylation is 1. The molecule has 0 saturated heterocycles. The Morgan fingerprint density at radius 1 is 1.38 bits per heavy atom. The van der Waals surface area contributed by atoms with E-state index in [4.69, 9.17) is 4.18 Å². The van der Waals surface area contributed by atoms with E-state index in [2.05, 4.69) is 0 Å². The molecule has 1 aromatic carbocycles. The third-order valence-corrected chi connectivity index (χ3v) is 5.62. The Labute approximate surface area is 123 Å². The molecule has 0 aliphatic heterocycles. The predicted molar refractivity (Wildman–Crippen MR) is 80.4 cm³/mol. The van der Waals surface area contributed by atoms with Crippen LogP contribution in [0.25, 0.3) is 0 Å². The van der Waals surface area contributed by atoms with Crippen molar-refractivity contribution in [3.63, 3.8) is 0 Å². The molecule has 0 spiro atoms. The molecule has 1 rings (SSSR count). The van der Waals surface area contributed by atoms with Gasteiger partial charge in [0.25, 0.3) is 10.1 Å². The van der Waals surface area contributed by atoms with Crippen molar-refractivity contribution < 1.29 is 12.6 Å². The lowest BCUT2D eigenvalue weighted by Crippen LogP contribution is -2.07. The van der Waals surface area contributed by atoms with Gasteiger partial charge in [-0.2, -0.15) is 8.42 Å². The molecule has 0 aliphatic carbocycles. The second-order valence-electron chi connectivity index (χ2n) is 3.09. The highest BCUT2D eigenvalue weighted by atomic mass is 127. The van der Waals surface area contributed by atoms with Crippen LogP contribution in [0.5, 0.6) is 0 Å². The highest BCUT2D eigenvalue weighted by Gasteiger charge is 2.14. The smallest absolute Gasteiger partial charge is 0.261 e. The second kappa shape index (κ2) is 6.31. The van der Waals surface area contributed by atoms with Gasteiger partial charge in [0.2, 0.25) is 0 Å². The Kier molecular flexibility index (Phi) is 5.68. The first-order valence-corrected chi connectivity index (χ1v) is 8.10. The lowest BCUT2D eigenvalue weighted by molar-refractivity contribution is 0.356. The number of rotatable bonds is 4. The van der Waals surface area contributed by atoms with Crippen LogP contribution >= 0.6 is 45.2 Å². The zero-order valence-corrected chi connectivity index (χ0v) is 13.6. The van der Waals surface area contributed by atoms with E-state index in [-0.39, 0.29) is 11.5 Å². The minimum atomic E-state index is -3.63. The average Bonchev–Trinajstić information content (AvgIpc) is 2.26. The standard InChI is InChI=1S/C10H10I2O3S/c1-8-2-4-10(5-3-8)16(13,14)15-7-9(12)6-11/h2-6H,7H2,1H3/b9-6-. The van der Waals surface area contributed by atoms with Crippen LogP contribution in [-0.2, 0) is 14.3 Å². The summed E-state index contributed by atoms with van der Waals surface area (Å²) in [5, 5.41) is 0. The molecule has 0 saturated carbocycles. The summed E-state index contributed by atoms with van der Waals surface area (Å²) >= 11 is 4.07. The molecule has 1 aromatic rings. The molecule has 0 atom stereocenters. The van der Waals surface area contributed by atoms with Crippen LogP contribution in [0, 0.1) is 6.92 Å². The Morgan fingerprint density at radius 3 is 2.44 bits per heavy atom. The lowest BCUT2D eigenvalue weighted by atomic mass is 10.2. The maximum atomic E-state index is 11.7. The van der Waals surface area contributed by atoms with Crippen LogP contribution < -0.4 is 0 Å². The van der Waals surface area contributed by atoms with Gasteiger partial charge in [-0.3, -0.25) is 4.18 Å². The summed E-state index contributed by atoms with van der Waals surface area (Å²) in [6.07, 6.45) is 0. The van der Waals surface area contributed by atoms with Gasteiger partial charge in [-0.05, 0) is 45.7 Å². The summed E-state index contributed by atoms with van der Waals surface area (Å²) < 4.78 is 30.9. The Morgan fingerprint density at radius 2 is 1.94 bits per heavy atom. The third-order valence-electron chi connectivity index (χ3n) is 1.78. The van der Waals surface area contributed by atoms with Crippen molar-refractivity contribution in [3.05, 3.63) is 37.5 Å². The quantitative estimate of drug-likeness (QED) is 0.507. The van der Waals surface area contributed by atoms with Crippen LogP contribution in [0.1, 0.15) is 5.56 Å². The first kappa shape index (κ1) is 14.4. The Balaban J connectivity index is 2.82. The molecule has 16 heavy (non-hydrogen) atoms. The zero-order chi connectivity index (χ0) is 12.2. The molecule has 88 valence electrons. The second-order valence-corrected chi connectivity index (χ2v) is 6.71. The first-order valence-electron chi connectivity index (χ1n) is 4.36. The molecule has 0 aromatic heterocycles. The summed E-state index contributed by atoms with van der Waals surface area (Å²) in [5.74, 6) is 0. The van der Waals surface area contributed by atoms with Crippen LogP contribution in [0.15, 0.2) is 36.8 Å². The van der Waals surface area contributed by atoms with Gasteiger partial charge in [-0.25, -0.2) is 0 Å². The SMILES string of the molecule is Cc1ccc(S(=O)(=O)OC/C(I)=C/I)cc1. The summed E-state index contributed by atoms with van der Waals surface area (Å²) in [7, 11) is -3.63. The van der Waals surface area contributed by atoms with E-state index < -0.39 is 10.1 Å². The molecule has 0 amide bonds. The molecule has 0 fully saturated rings. The van der Waals surface area contributed by atoms with Crippen LogP contribution in [0.4, 0.5) is 0 Å². The van der Waals surface area contributed by atoms with Gasteiger partial charge in [0.1, 0.15) is 0 Å². The summed E-state index contributed by atoms with van der Waals surface area (Å²) in [6.45, 7) is 1.98. The van der Waals surface area contributed by atoms with Crippen molar-refractivity contribution >= 4 is 55.3 Å². The number of hydrogen-bond acceptors (Lipinski definition) is 3. The largest absolute Gasteiger partial charge is 0.297 e. The highest BCUT2D eigenvalue weighted by molar-refractivity contribution is 14.1. The van der Waals surface area contributed by atoms with Crippen LogP contribution in [-0.4, -0.2) is 15.0 Å². The number of halogens is 2. The minimum absolute atomic E-state index is 0.0830. The summed E-state index contributed by atoms with van der Waals surface area (Å²) in [5.41, 5.74) is 1.01. The molecule has 0 radical (unpaired) electrons. The van der Waals surface area contributed by atoms with Gasteiger partial charge in [0.15, 0.2) is 0 Å². The maximum absolute atomic E-state index is 11.7. The Bertz CT molecular complexity index is 477. The van der Waals surface area contributed by atoms with Gasteiger partial charge in [0.05, 0.1) is 11.5 Å². The highest BCUT2D eigenvalue weighted by Crippen LogP contribution is 2.16. The van der Waals surface area contributed by atoms with Gasteiger partial charge >= 0.3 is 0 Å². The van der Waals surface area contributed by atoms with Gasteiger partial charge in [0, 0.05) is 3.58 Å². The monoisotopic (exact) mass is 464 g/mol. The van der Waals surface area contributed by atoms with E-state index in [1.165, 1.54) is 0 Å². The molecule has 0 aliphatic rings. The van der Waals surface area contributed by atoms with Crippen molar-refractivity contribution in [1.29, 1.82) is 0 Å². The van der Waals surface area contributed by atoms with E-state index in [0.29, 0.717) is 0 Å². The van der Waals surface area contributed by atoms with E-state index in [1.54, 1.807) is 28.3 Å². The lowest BCUT2D eigenvalue weighted by Gasteiger charge is -2.05. The van der Waals surface area contributed by atoms with E-state index in [9.17, 15) is 8.42 Å². The molecule has 0 N–H and O–H groups in total. The van der Waals surface area contributed by atoms with Crippen molar-refractivity contribution in [2.24, 2.45) is 0 Å². The van der Waals surface area contributed by atoms with Crippen molar-refractivity contribution in [2.45, 2.75) is 11.8 Å². The van der Waals surface area contributed by atoms with Crippen molar-refractivity contribution in [2.75, 3.05) is 6.61 Å². The fourth-order valence-electron chi connectivity index (χ4n) is 0.938. The molecular weight excluding hydrogens is 454 g/mol. The summed E-state index contributed by atoms with van der Waals surface area (Å²) in [6, 6.07) is 6.58. The maximum Gasteiger partial charge on any atom is 0.297 e. The van der Waals surface area contributed by atoms with Crippen LogP contribution in [0.2, 0.25) is 0 Å². The molecular formula is C10H10I2O3S. The number of benzene rings is 1. The minimum Gasteiger partial charge on any atom is -0.261 e. The van der Waals surface area contributed by atoms with Gasteiger partial charge < -0.3 is 0 Å². The topological polar surface area (TPSA) is 43.4 Å². The van der Waals surface area contributed by atoms with Crippen LogP contribution in [0.3, 0.4) is 0 Å². The summed E-state index contributed by atoms with van der Waals surface area (Å²) in [4.78, 5) is 0.191. The zero-order valence-electron chi connectivity index (χ0n) is 8.48. The molecule has 0 heterocycles. The third kappa shape index (κ3) is 4.30. The average molecular weight is 464 g/mol. The molecule has 0 bridgehead atoms. The van der Waals surface area contributed by atoms with Crippen molar-refractivity contribution in [3.8, 4) is 0 Å². The van der Waals surface area contributed by atoms with E-state index in [0.717, 1.165) is 9.14 Å². The fraction of sp³-hybridized carbons (Fsp3) is 0.200. The van der Waals surface area contributed by atoms with E-state index in [1.807, 2.05) is 52.1 Å². The fourth-order valence-corrected chi connectivity index (χ4v) is 2.37. The first-order chi connectivity index (χ1) is 7.45. The molecule has 3 nitrogen and oxygen atoms in total. The number of hydrogen-bond donors (Lipinski definition) is 0. The normalized spacial score (nSPS) is 12.8. The van der Waals surface area contributed by atoms with Gasteiger partial charge in [-0.1, -0.05) is 40.3 Å². The van der Waals surface area contributed by atoms with Crippen molar-refractivity contribution in [1.82, 2.24) is 0 Å². The Hall–Kier alpha value is 0.330. The molecule has 0 unspecified atom stereocenters. The van der Waals surface area contributed by atoms with E-state index >= 15 is 0 Å². The molecule has 6 heteroatoms. The van der Waals surface area contributed by atoms with Gasteiger partial charge in [-0.15, -0.1) is 0 Å².